The molecule has 0 aromatic rings. The summed E-state index contributed by atoms with van der Waals surface area (Å²) in [6.07, 6.45) is 0.769. The zero-order valence-corrected chi connectivity index (χ0v) is 42.1. The smallest absolute Gasteiger partial charge is 0.417 e. The third kappa shape index (κ3) is 21.4. The van der Waals surface area contributed by atoms with Crippen molar-refractivity contribution in [1.82, 2.24) is 0 Å². The molecule has 0 radical (unpaired) electrons. The average molecular weight is 784 g/mol. The highest BCUT2D eigenvalue weighted by Gasteiger charge is 2.62. The molecule has 0 unspecified atom stereocenters. The first-order valence-electron chi connectivity index (χ1n) is 15.7. The topological polar surface area (TPSA) is 83.1 Å². The van der Waals surface area contributed by atoms with Crippen molar-refractivity contribution in [2.45, 2.75) is 157 Å². The van der Waals surface area contributed by atoms with E-state index in [1.165, 1.54) is 0 Å². The van der Waals surface area contributed by atoms with Gasteiger partial charge in [0.15, 0.2) is 49.9 Å². The van der Waals surface area contributed by atoms with Gasteiger partial charge in [0.2, 0.25) is 0 Å². The van der Waals surface area contributed by atoms with Gasteiger partial charge >= 0.3 is 35.2 Å². The fraction of sp³-hybridized carbons (Fsp3) is 1.00. The molecule has 0 atom stereocenters. The van der Waals surface area contributed by atoms with Gasteiger partial charge < -0.3 is 37.0 Å². The van der Waals surface area contributed by atoms with E-state index in [1.54, 1.807) is 0 Å². The van der Waals surface area contributed by atoms with E-state index in [4.69, 9.17) is 37.0 Å². The Hall–Kier alpha value is 1.81. The molecular formula is C24H70O9Si10. The highest BCUT2D eigenvalue weighted by atomic mass is 28.6. The van der Waals surface area contributed by atoms with Crippen LogP contribution in [-0.4, -0.2) is 85.1 Å². The number of hydrogen-bond acceptors (Lipinski definition) is 9. The highest BCUT2D eigenvalue weighted by molar-refractivity contribution is 6.95. The molecule has 43 heavy (non-hydrogen) atoms. The molecule has 0 aromatic heterocycles. The van der Waals surface area contributed by atoms with Gasteiger partial charge in [-0.25, -0.2) is 0 Å². The van der Waals surface area contributed by atoms with Gasteiger partial charge in [-0.1, -0.05) is 13.3 Å². The van der Waals surface area contributed by atoms with Crippen LogP contribution >= 0.6 is 0 Å². The van der Waals surface area contributed by atoms with Crippen LogP contribution < -0.4 is 0 Å². The summed E-state index contributed by atoms with van der Waals surface area (Å²) in [6, 6.07) is 0.541. The second-order valence-electron chi connectivity index (χ2n) is 17.6. The third-order valence-corrected chi connectivity index (χ3v) is 37.4. The molecule has 0 bridgehead atoms. The van der Waals surface area contributed by atoms with Crippen LogP contribution in [0.5, 0.6) is 0 Å². The summed E-state index contributed by atoms with van der Waals surface area (Å²) in [5.74, 6) is 0. The normalized spacial score (nSPS) is 15.8. The first-order valence-corrected chi connectivity index (χ1v) is 44.8. The quantitative estimate of drug-likeness (QED) is 0.112. The first-order chi connectivity index (χ1) is 18.4. The second kappa shape index (κ2) is 15.1. The van der Waals surface area contributed by atoms with E-state index in [0.717, 1.165) is 6.42 Å². The lowest BCUT2D eigenvalue weighted by atomic mass is 10.6. The summed E-state index contributed by atoms with van der Waals surface area (Å²) in [5.41, 5.74) is 0. The standard InChI is InChI=1S/C24H70O9Si10/c1-23-24-43(31-40(20,25-34(2,3)4)26-35(5,6)7,32-41(21,27-36(8,9)10)28-37(11,12)13)33-42(22,29-38(14,15)16)30-39(17,18)19/h23-24H2,1-22H3. The predicted molar refractivity (Wildman–Crippen MR) is 206 cm³/mol. The fourth-order valence-electron chi connectivity index (χ4n) is 4.89. The largest absolute Gasteiger partial charge is 0.478 e. The van der Waals surface area contributed by atoms with E-state index < -0.39 is 85.1 Å². The van der Waals surface area contributed by atoms with Gasteiger partial charge in [-0.3, -0.25) is 0 Å². The molecule has 0 saturated heterocycles. The lowest BCUT2D eigenvalue weighted by molar-refractivity contribution is 0.120. The van der Waals surface area contributed by atoms with E-state index in [0.29, 0.717) is 6.04 Å². The molecule has 0 spiro atoms. The lowest BCUT2D eigenvalue weighted by Crippen LogP contribution is -2.71. The Morgan fingerprint density at radius 2 is 0.442 bits per heavy atom. The molecule has 0 saturated carbocycles. The summed E-state index contributed by atoms with van der Waals surface area (Å²) in [6.45, 7) is 47.2. The van der Waals surface area contributed by atoms with E-state index in [-0.39, 0.29) is 0 Å². The Morgan fingerprint density at radius 1 is 0.279 bits per heavy atom. The van der Waals surface area contributed by atoms with Gasteiger partial charge in [0.05, 0.1) is 0 Å². The van der Waals surface area contributed by atoms with Crippen LogP contribution in [0.3, 0.4) is 0 Å². The molecule has 9 nitrogen and oxygen atoms in total. The summed E-state index contributed by atoms with van der Waals surface area (Å²) in [5, 5.41) is 0. The monoisotopic (exact) mass is 782 g/mol. The van der Waals surface area contributed by atoms with Crippen molar-refractivity contribution in [3.63, 3.8) is 0 Å². The van der Waals surface area contributed by atoms with Crippen molar-refractivity contribution in [3.05, 3.63) is 0 Å². The van der Waals surface area contributed by atoms with Gasteiger partial charge in [-0.2, -0.15) is 0 Å². The maximum atomic E-state index is 7.34. The van der Waals surface area contributed by atoms with E-state index >= 15 is 0 Å². The van der Waals surface area contributed by atoms with Crippen LogP contribution in [0.2, 0.25) is 144 Å². The van der Waals surface area contributed by atoms with E-state index in [1.807, 2.05) is 19.6 Å². The fourth-order valence-corrected chi connectivity index (χ4v) is 46.7. The van der Waals surface area contributed by atoms with Crippen LogP contribution in [0.4, 0.5) is 0 Å². The van der Waals surface area contributed by atoms with Crippen LogP contribution in [0, 0.1) is 0 Å². The molecule has 0 rings (SSSR count). The maximum absolute atomic E-state index is 7.34. The predicted octanol–water partition coefficient (Wildman–Crippen LogP) is 9.20. The van der Waals surface area contributed by atoms with Crippen LogP contribution in [0.25, 0.3) is 0 Å². The molecule has 0 fully saturated rings. The molecule has 0 aliphatic heterocycles. The van der Waals surface area contributed by atoms with Gasteiger partial charge in [-0.05, 0) is 118 Å². The summed E-state index contributed by atoms with van der Waals surface area (Å²) in [4.78, 5) is 0. The molecule has 0 aliphatic carbocycles. The minimum Gasteiger partial charge on any atom is -0.417 e. The van der Waals surface area contributed by atoms with Crippen molar-refractivity contribution < 1.29 is 37.0 Å². The first kappa shape index (κ1) is 44.8. The molecule has 260 valence electrons. The van der Waals surface area contributed by atoms with Crippen molar-refractivity contribution in [3.8, 4) is 0 Å². The average Bonchev–Trinajstić information content (AvgIpc) is 2.48. The SMILES string of the molecule is CCC[Si](O[Si](C)(O[Si](C)(C)C)O[Si](C)(C)C)(O[Si](C)(O[Si](C)(C)C)O[Si](C)(C)C)O[Si](C)(O[Si](C)(C)C)O[Si](C)(C)C. The molecule has 0 aromatic carbocycles. The Balaban J connectivity index is 7.62. The van der Waals surface area contributed by atoms with Crippen molar-refractivity contribution in [2.24, 2.45) is 0 Å². The number of rotatable bonds is 20. The highest BCUT2D eigenvalue weighted by Crippen LogP contribution is 2.37. The molecular weight excluding hydrogens is 713 g/mol. The summed E-state index contributed by atoms with van der Waals surface area (Å²) < 4.78 is 63.3. The summed E-state index contributed by atoms with van der Waals surface area (Å²) >= 11 is 0. The summed E-state index contributed by atoms with van der Waals surface area (Å²) in [7, 11) is -26.4. The molecule has 19 heteroatoms. The van der Waals surface area contributed by atoms with Gasteiger partial charge in [-0.15, -0.1) is 0 Å². The van der Waals surface area contributed by atoms with Gasteiger partial charge in [0.25, 0.3) is 0 Å². The Kier molecular flexibility index (Phi) is 15.8. The zero-order chi connectivity index (χ0) is 34.8. The molecule has 0 aliphatic rings. The minimum absolute atomic E-state index is 0.541. The van der Waals surface area contributed by atoms with Crippen LogP contribution in [0.15, 0.2) is 0 Å². The van der Waals surface area contributed by atoms with Crippen molar-refractivity contribution in [2.75, 3.05) is 0 Å². The van der Waals surface area contributed by atoms with E-state index in [2.05, 4.69) is 125 Å². The van der Waals surface area contributed by atoms with E-state index in [9.17, 15) is 0 Å². The minimum atomic E-state index is -3.73. The van der Waals surface area contributed by atoms with Gasteiger partial charge in [0, 0.05) is 25.7 Å². The maximum Gasteiger partial charge on any atom is 0.478 e. The third-order valence-electron chi connectivity index (χ3n) is 4.53. The van der Waals surface area contributed by atoms with Gasteiger partial charge in [0.1, 0.15) is 0 Å². The Labute approximate surface area is 277 Å². The zero-order valence-electron chi connectivity index (χ0n) is 32.1. The Bertz CT molecular complexity index is 714. The van der Waals surface area contributed by atoms with Crippen molar-refractivity contribution >= 4 is 85.1 Å². The Morgan fingerprint density at radius 3 is 0.558 bits per heavy atom. The van der Waals surface area contributed by atoms with Crippen LogP contribution in [-0.2, 0) is 37.0 Å². The van der Waals surface area contributed by atoms with Crippen molar-refractivity contribution in [1.29, 1.82) is 0 Å². The molecule has 0 amide bonds. The molecule has 0 heterocycles. The molecule has 0 N–H and O–H groups in total. The van der Waals surface area contributed by atoms with Crippen LogP contribution in [0.1, 0.15) is 13.3 Å². The lowest BCUT2D eigenvalue weighted by Gasteiger charge is -2.49. The number of hydrogen-bond donors (Lipinski definition) is 0. The second-order valence-corrected chi connectivity index (χ2v) is 57.4.